The van der Waals surface area contributed by atoms with E-state index in [1.807, 2.05) is 81.6 Å². The van der Waals surface area contributed by atoms with Gasteiger partial charge in [0.05, 0.1) is 59.5 Å². The monoisotopic (exact) mass is 1190 g/mol. The Labute approximate surface area is 500 Å². The van der Waals surface area contributed by atoms with Gasteiger partial charge >= 0.3 is 5.97 Å². The number of aromatic nitrogens is 2. The summed E-state index contributed by atoms with van der Waals surface area (Å²) in [4.78, 5) is 69.6. The first-order valence-electron chi connectivity index (χ1n) is 29.0. The van der Waals surface area contributed by atoms with Crippen molar-refractivity contribution in [3.8, 4) is 0 Å². The number of para-hydroxylation sites is 2. The smallest absolute Gasteiger partial charge is 0.345 e. The number of carbonyl (C=O) groups excluding carboxylic acids is 2. The molecule has 0 radical (unpaired) electrons. The molecule has 1 amide bonds. The van der Waals surface area contributed by atoms with E-state index in [2.05, 4.69) is 76.5 Å². The van der Waals surface area contributed by atoms with Crippen LogP contribution < -0.4 is 31.7 Å². The number of hydrogen-bond acceptors (Lipinski definition) is 14. The molecule has 12 rings (SSSR count). The summed E-state index contributed by atoms with van der Waals surface area (Å²) in [5.74, 6) is -0.885. The molecular formula is C63H82Cl2N10O5S2. The second-order valence-corrected chi connectivity index (χ2v) is 25.5. The second-order valence-electron chi connectivity index (χ2n) is 22.6. The number of nitrogens with zero attached hydrogens (tertiary/aromatic N) is 8. The third-order valence-electron chi connectivity index (χ3n) is 17.1. The van der Waals surface area contributed by atoms with Crippen molar-refractivity contribution in [1.82, 2.24) is 33.7 Å². The molecule has 4 aliphatic rings. The van der Waals surface area contributed by atoms with Gasteiger partial charge in [-0.1, -0.05) is 54.9 Å². The van der Waals surface area contributed by atoms with Crippen molar-refractivity contribution in [2.75, 3.05) is 109 Å². The lowest BCUT2D eigenvalue weighted by Crippen LogP contribution is -2.49. The summed E-state index contributed by atoms with van der Waals surface area (Å²) in [6, 6.07) is 25.7. The van der Waals surface area contributed by atoms with Crippen LogP contribution in [0.15, 0.2) is 82.4 Å². The van der Waals surface area contributed by atoms with Gasteiger partial charge in [-0.15, -0.1) is 22.7 Å². The Morgan fingerprint density at radius 3 is 1.50 bits per heavy atom. The van der Waals surface area contributed by atoms with E-state index in [9.17, 15) is 19.2 Å². The summed E-state index contributed by atoms with van der Waals surface area (Å²) in [6.45, 7) is 21.7. The molecule has 19 heteroatoms. The number of amides is 1. The van der Waals surface area contributed by atoms with E-state index in [0.717, 1.165) is 122 Å². The van der Waals surface area contributed by atoms with Gasteiger partial charge in [-0.25, -0.2) is 4.79 Å². The maximum Gasteiger partial charge on any atom is 0.345 e. The van der Waals surface area contributed by atoms with Gasteiger partial charge in [0.1, 0.15) is 20.8 Å². The lowest BCUT2D eigenvalue weighted by molar-refractivity contribution is 0.0527. The number of piperazine rings is 2. The van der Waals surface area contributed by atoms with Crippen LogP contribution in [0.1, 0.15) is 101 Å². The fourth-order valence-corrected chi connectivity index (χ4v) is 15.4. The first-order chi connectivity index (χ1) is 39.1. The number of rotatable bonds is 12. The van der Waals surface area contributed by atoms with Crippen LogP contribution in [0, 0.1) is 0 Å². The average Bonchev–Trinajstić information content (AvgIpc) is 2.10. The third-order valence-corrected chi connectivity index (χ3v) is 20.0. The highest BCUT2D eigenvalue weighted by molar-refractivity contribution is 7.24. The van der Waals surface area contributed by atoms with Crippen molar-refractivity contribution in [1.29, 1.82) is 0 Å². The van der Waals surface area contributed by atoms with E-state index < -0.39 is 5.97 Å². The molecule has 2 unspecified atom stereocenters. The zero-order valence-electron chi connectivity index (χ0n) is 47.9. The van der Waals surface area contributed by atoms with Crippen LogP contribution >= 0.6 is 45.9 Å². The number of benzene rings is 4. The lowest BCUT2D eigenvalue weighted by atomic mass is 10.1. The number of esters is 1. The molecule has 15 nitrogen and oxygen atoms in total. The Morgan fingerprint density at radius 1 is 0.634 bits per heavy atom. The predicted molar refractivity (Wildman–Crippen MR) is 346 cm³/mol. The van der Waals surface area contributed by atoms with Crippen molar-refractivity contribution in [2.45, 2.75) is 105 Å². The van der Waals surface area contributed by atoms with Crippen LogP contribution in [0.5, 0.6) is 0 Å². The number of nitrogens with two attached hydrogens (primary N) is 1. The van der Waals surface area contributed by atoms with Gasteiger partial charge in [0.2, 0.25) is 10.9 Å². The summed E-state index contributed by atoms with van der Waals surface area (Å²) < 4.78 is 11.3. The van der Waals surface area contributed by atoms with Crippen LogP contribution in [0.2, 0.25) is 10.0 Å². The Balaban J connectivity index is 0.000000171. The van der Waals surface area contributed by atoms with E-state index in [1.54, 1.807) is 6.92 Å². The standard InChI is InChI=1S/C30H36ClN5O2S.C25H26ClN3O3S.C7H16N2.CH4/c1-19(2)34-13-15-35(16-14-34)25-17-21-24(18-22(25)31)36-23-8-4-5-9-26(23)39-30(36)27(28(21)37)29(38)32-11-10-20-7-6-12-33(20)3;1-4-32-25(31)22-23(30)16-13-20(28-11-9-27(10-12-28)15(2)3)17(26)14-19(16)29-18-7-5-6-8-21(18)33-24(22)29;1-9-6-2-3-7(9)4-5-8;/h4-5,8-9,17-20H,6-7,10-16H2,1-3H3,(H,32,38);5-8,13-15H,4,9-12H2,1-3H3;7H,2-6,8H2,1H3;1H4. The third kappa shape index (κ3) is 12.4. The zero-order valence-corrected chi connectivity index (χ0v) is 51.1. The lowest BCUT2D eigenvalue weighted by Gasteiger charge is -2.38. The van der Waals surface area contributed by atoms with Gasteiger partial charge in [0.15, 0.2) is 0 Å². The van der Waals surface area contributed by atoms with Gasteiger partial charge in [0, 0.05) is 93.8 Å². The molecule has 3 N–H and O–H groups in total. The molecule has 8 aromatic rings. The first kappa shape index (κ1) is 61.2. The van der Waals surface area contributed by atoms with E-state index in [1.165, 1.54) is 54.9 Å². The molecule has 4 aromatic heterocycles. The SMILES string of the molecule is C.CC(C)N1CCN(c2cc3c(=O)c(C(=O)NCCC4CCCN4C)c4sc5ccccc5n4c3cc2Cl)CC1.CCOC(=O)c1c(=O)c2cc(N3CCN(C(C)C)CC3)c(Cl)cc2n2c1sc1ccccc12.CN1CCCC1CCN. The number of carbonyl (C=O) groups is 2. The molecule has 0 spiro atoms. The number of hydrogen-bond donors (Lipinski definition) is 2. The zero-order chi connectivity index (χ0) is 57.2. The van der Waals surface area contributed by atoms with Crippen LogP contribution in [-0.4, -0.2) is 164 Å². The number of ether oxygens (including phenoxy) is 1. The number of thiazole rings is 2. The molecule has 4 aromatic carbocycles. The van der Waals surface area contributed by atoms with Gasteiger partial charge in [0.25, 0.3) is 5.91 Å². The second kappa shape index (κ2) is 26.7. The number of anilines is 2. The number of halogens is 2. The Bertz CT molecular complexity index is 3710. The van der Waals surface area contributed by atoms with Crippen LogP contribution in [0.4, 0.5) is 11.4 Å². The summed E-state index contributed by atoms with van der Waals surface area (Å²) in [7, 11) is 4.33. The van der Waals surface area contributed by atoms with Gasteiger partial charge in [-0.05, 0) is 155 Å². The van der Waals surface area contributed by atoms with E-state index >= 15 is 0 Å². The van der Waals surface area contributed by atoms with E-state index in [0.29, 0.717) is 60.7 Å². The number of fused-ring (bicyclic) bond motifs is 10. The minimum atomic E-state index is -0.587. The minimum Gasteiger partial charge on any atom is -0.462 e. The molecule has 0 bridgehead atoms. The van der Waals surface area contributed by atoms with Crippen molar-refractivity contribution in [3.63, 3.8) is 0 Å². The molecule has 82 heavy (non-hydrogen) atoms. The minimum absolute atomic E-state index is 0. The topological polar surface area (TPSA) is 144 Å². The van der Waals surface area contributed by atoms with Crippen molar-refractivity contribution >= 4 is 121 Å². The molecule has 0 aliphatic carbocycles. The molecule has 2 atom stereocenters. The normalized spacial score (nSPS) is 18.5. The Hall–Kier alpha value is -5.34. The quantitative estimate of drug-likeness (QED) is 0.112. The Kier molecular flexibility index (Phi) is 19.9. The highest BCUT2D eigenvalue weighted by Crippen LogP contribution is 2.38. The first-order valence-corrected chi connectivity index (χ1v) is 31.4. The van der Waals surface area contributed by atoms with Crippen molar-refractivity contribution in [2.24, 2.45) is 5.73 Å². The van der Waals surface area contributed by atoms with Crippen LogP contribution in [0.25, 0.3) is 51.9 Å². The molecule has 4 saturated heterocycles. The highest BCUT2D eigenvalue weighted by atomic mass is 35.5. The molecule has 0 saturated carbocycles. The summed E-state index contributed by atoms with van der Waals surface area (Å²) in [6.07, 6.45) is 7.13. The van der Waals surface area contributed by atoms with E-state index in [-0.39, 0.29) is 41.9 Å². The summed E-state index contributed by atoms with van der Waals surface area (Å²) >= 11 is 16.6. The van der Waals surface area contributed by atoms with Crippen molar-refractivity contribution in [3.05, 3.63) is 114 Å². The number of likely N-dealkylation sites (tertiary alicyclic amines) is 2. The molecule has 8 heterocycles. The molecular weight excluding hydrogens is 1110 g/mol. The van der Waals surface area contributed by atoms with Gasteiger partial charge in [-0.2, -0.15) is 0 Å². The largest absolute Gasteiger partial charge is 0.462 e. The maximum atomic E-state index is 14.1. The number of pyridine rings is 2. The fraction of sp³-hybridized carbons (Fsp3) is 0.492. The van der Waals surface area contributed by atoms with Crippen LogP contribution in [-0.2, 0) is 4.74 Å². The van der Waals surface area contributed by atoms with Crippen LogP contribution in [0.3, 0.4) is 0 Å². The summed E-state index contributed by atoms with van der Waals surface area (Å²) in [5.41, 5.74) is 10.3. The molecule has 4 aliphatic heterocycles. The average molecular weight is 1190 g/mol. The molecule has 440 valence electrons. The number of nitrogens with one attached hydrogen (secondary N) is 1. The highest BCUT2D eigenvalue weighted by Gasteiger charge is 2.29. The predicted octanol–water partition coefficient (Wildman–Crippen LogP) is 11.2. The fourth-order valence-electron chi connectivity index (χ4n) is 12.4. The molecule has 4 fully saturated rings. The van der Waals surface area contributed by atoms with Crippen molar-refractivity contribution < 1.29 is 14.3 Å². The summed E-state index contributed by atoms with van der Waals surface area (Å²) in [5, 5.41) is 5.32. The van der Waals surface area contributed by atoms with Gasteiger partial charge in [-0.3, -0.25) is 33.0 Å². The Morgan fingerprint density at radius 2 is 1.07 bits per heavy atom. The maximum absolute atomic E-state index is 14.1. The van der Waals surface area contributed by atoms with Gasteiger partial charge < -0.3 is 35.4 Å². The van der Waals surface area contributed by atoms with E-state index in [4.69, 9.17) is 33.7 Å².